The van der Waals surface area contributed by atoms with E-state index in [1.54, 1.807) is 0 Å². The normalized spacial score (nSPS) is 0. The second kappa shape index (κ2) is 57.4. The summed E-state index contributed by atoms with van der Waals surface area (Å²) in [7, 11) is 0. The van der Waals surface area contributed by atoms with Gasteiger partial charge >= 0.3 is 17.4 Å². The Bertz CT molecular complexity index is 6.85. The standard InChI is InChI=1S/Al.3ClH.He/h;3*1H;/q+3;;;;/p-3. The van der Waals surface area contributed by atoms with Crippen LogP contribution >= 0.6 is 0 Å². The molecule has 0 aliphatic carbocycles. The molecule has 0 heterocycles. The van der Waals surface area contributed by atoms with Gasteiger partial charge in [-0.3, -0.25) is 0 Å². The average Bonchev–Trinajstić information content (AvgIpc) is 0. The fourth-order valence-electron chi connectivity index (χ4n) is 0. The molecule has 0 saturated heterocycles. The Kier molecular flexibility index (Phi) is 1190. The van der Waals surface area contributed by atoms with Crippen molar-refractivity contribution in [1.29, 1.82) is 0 Å². The minimum Gasteiger partial charge on any atom is -1.00 e. The molecule has 0 saturated carbocycles. The maximum Gasteiger partial charge on any atom is 3.00 e. The molecule has 0 aliphatic heterocycles. The van der Waals surface area contributed by atoms with Crippen LogP contribution < -0.4 is 37.2 Å². The molecule has 5 heteroatoms. The first-order chi connectivity index (χ1) is 0. The zero-order valence-electron chi connectivity index (χ0n) is 2.42. The van der Waals surface area contributed by atoms with Crippen molar-refractivity contribution in [3.8, 4) is 0 Å². The largest absolute Gasteiger partial charge is 3.00 e. The van der Waals surface area contributed by atoms with E-state index in [9.17, 15) is 0 Å². The summed E-state index contributed by atoms with van der Waals surface area (Å²) in [6.45, 7) is 0. The van der Waals surface area contributed by atoms with E-state index in [4.69, 9.17) is 0 Å². The van der Waals surface area contributed by atoms with E-state index in [0.29, 0.717) is 0 Å². The van der Waals surface area contributed by atoms with Crippen LogP contribution in [0.25, 0.3) is 0 Å². The summed E-state index contributed by atoms with van der Waals surface area (Å²) < 4.78 is 0. The van der Waals surface area contributed by atoms with Gasteiger partial charge in [-0.05, 0) is 0 Å². The molecule has 26 valence electrons. The topological polar surface area (TPSA) is 0 Å². The Morgan fingerprint density at radius 3 is 0.600 bits per heavy atom. The van der Waals surface area contributed by atoms with Crippen LogP contribution in [0.5, 0.6) is 0 Å². The molecule has 0 aromatic rings. The number of rotatable bonds is 0. The molecule has 0 spiro atoms. The summed E-state index contributed by atoms with van der Waals surface area (Å²) in [4.78, 5) is 0. The van der Waals surface area contributed by atoms with Gasteiger partial charge in [-0.25, -0.2) is 0 Å². The van der Waals surface area contributed by atoms with Crippen molar-refractivity contribution in [1.82, 2.24) is 0 Å². The summed E-state index contributed by atoms with van der Waals surface area (Å²) in [6, 6.07) is 0. The zero-order chi connectivity index (χ0) is 0. The molecule has 0 nitrogen and oxygen atoms in total. The van der Waals surface area contributed by atoms with Crippen LogP contribution in [-0.4, -0.2) is 17.4 Å². The van der Waals surface area contributed by atoms with Gasteiger partial charge in [0.1, 0.15) is 0 Å². The van der Waals surface area contributed by atoms with Crippen molar-refractivity contribution in [3.63, 3.8) is 0 Å². The maximum atomic E-state index is 0. The van der Waals surface area contributed by atoms with Crippen molar-refractivity contribution >= 4 is 17.4 Å². The molecule has 0 aromatic heterocycles. The van der Waals surface area contributed by atoms with Gasteiger partial charge in [-0.1, -0.05) is 0 Å². The van der Waals surface area contributed by atoms with Gasteiger partial charge in [0.25, 0.3) is 0 Å². The predicted octanol–water partition coefficient (Wildman–Crippen LogP) is -9.37. The van der Waals surface area contributed by atoms with Crippen molar-refractivity contribution in [3.05, 3.63) is 0 Å². The van der Waals surface area contributed by atoms with Gasteiger partial charge in [0.15, 0.2) is 0 Å². The number of halogens is 3. The van der Waals surface area contributed by atoms with Crippen LogP contribution in [0.15, 0.2) is 0 Å². The summed E-state index contributed by atoms with van der Waals surface area (Å²) in [5.41, 5.74) is 0. The van der Waals surface area contributed by atoms with Crippen LogP contribution in [0.3, 0.4) is 0 Å². The third kappa shape index (κ3) is 33.9. The summed E-state index contributed by atoms with van der Waals surface area (Å²) in [5, 5.41) is 0. The van der Waals surface area contributed by atoms with Gasteiger partial charge in [0.2, 0.25) is 0 Å². The summed E-state index contributed by atoms with van der Waals surface area (Å²) in [6.07, 6.45) is 0. The van der Waals surface area contributed by atoms with E-state index in [-0.39, 0.29) is 60.7 Å². The minimum absolute atomic E-state index is 0. The Morgan fingerprint density at radius 1 is 0.600 bits per heavy atom. The summed E-state index contributed by atoms with van der Waals surface area (Å²) >= 11 is 0. The molecular formula is AlCl3He. The van der Waals surface area contributed by atoms with Crippen LogP contribution in [0, 0.1) is 6.15 Å². The quantitative estimate of drug-likeness (QED) is 0.291. The van der Waals surface area contributed by atoms with Gasteiger partial charge < -0.3 is 37.2 Å². The van der Waals surface area contributed by atoms with Crippen LogP contribution in [0.1, 0.15) is 0 Å². The van der Waals surface area contributed by atoms with E-state index in [0.717, 1.165) is 0 Å². The Hall–Kier alpha value is 1.31. The molecule has 0 bridgehead atoms. The van der Waals surface area contributed by atoms with E-state index in [2.05, 4.69) is 0 Å². The average molecular weight is 137 g/mol. The predicted molar refractivity (Wildman–Crippen MR) is 5.75 cm³/mol. The van der Waals surface area contributed by atoms with E-state index < -0.39 is 0 Å². The van der Waals surface area contributed by atoms with Crippen LogP contribution in [0.2, 0.25) is 0 Å². The second-order valence-electron chi connectivity index (χ2n) is 0. The molecule has 0 unspecified atom stereocenters. The number of hydrogen-bond donors (Lipinski definition) is 0. The first-order valence-electron chi connectivity index (χ1n) is 0. The Labute approximate surface area is 60.8 Å². The third-order valence-electron chi connectivity index (χ3n) is 0. The van der Waals surface area contributed by atoms with Crippen LogP contribution in [-0.2, 0) is 0 Å². The molecule has 0 amide bonds. The monoisotopic (exact) mass is 136 g/mol. The molecule has 0 aromatic carbocycles. The second-order valence-corrected chi connectivity index (χ2v) is 0. The molecule has 0 rings (SSSR count). The molecule has 0 atom stereocenters. The molecule has 0 radical (unpaired) electrons. The Morgan fingerprint density at radius 2 is 0.600 bits per heavy atom. The molecule has 5 heavy (non-hydrogen) atoms. The van der Waals surface area contributed by atoms with E-state index in [1.807, 2.05) is 0 Å². The molecule has 0 N–H and O–H groups in total. The molecule has 0 fully saturated rings. The molecule has 0 aliphatic rings. The third-order valence-corrected chi connectivity index (χ3v) is 0. The summed E-state index contributed by atoms with van der Waals surface area (Å²) in [5.74, 6) is 0. The van der Waals surface area contributed by atoms with Gasteiger partial charge in [-0.2, -0.15) is 0 Å². The first kappa shape index (κ1) is 104. The van der Waals surface area contributed by atoms with Crippen LogP contribution in [0.4, 0.5) is 0 Å². The maximum absolute atomic E-state index is 0. The minimum atomic E-state index is 0. The van der Waals surface area contributed by atoms with Gasteiger partial charge in [0, 0.05) is 6.15 Å². The zero-order valence-corrected chi connectivity index (χ0v) is 5.84. The van der Waals surface area contributed by atoms with E-state index >= 15 is 0 Å². The van der Waals surface area contributed by atoms with Crippen molar-refractivity contribution in [2.45, 2.75) is 0 Å². The SMILES string of the molecule is [Al+3].[Cl-].[Cl-].[Cl-].[He]. The smallest absolute Gasteiger partial charge is 1.00 e. The van der Waals surface area contributed by atoms with Gasteiger partial charge in [-0.15, -0.1) is 0 Å². The number of hydrogen-bond acceptors (Lipinski definition) is 0. The fourth-order valence-corrected chi connectivity index (χ4v) is 0. The van der Waals surface area contributed by atoms with Crippen molar-refractivity contribution in [2.24, 2.45) is 0 Å². The molecular weight excluding hydrogens is 137 g/mol. The fraction of sp³-hybridized carbons (Fsp3) is 0. The van der Waals surface area contributed by atoms with E-state index in [1.165, 1.54) is 0 Å². The van der Waals surface area contributed by atoms with Crippen molar-refractivity contribution < 1.29 is 43.4 Å². The first-order valence-corrected chi connectivity index (χ1v) is 0. The Balaban J connectivity index is 0. The van der Waals surface area contributed by atoms with Crippen molar-refractivity contribution in [2.75, 3.05) is 0 Å². The van der Waals surface area contributed by atoms with Gasteiger partial charge in [0.05, 0.1) is 0 Å².